The first kappa shape index (κ1) is 6.29. The maximum atomic E-state index is 2.86. The Bertz CT molecular complexity index is 73.7. The van der Waals surface area contributed by atoms with E-state index in [2.05, 4.69) is 9.85 Å². The van der Waals surface area contributed by atoms with Gasteiger partial charge in [0.1, 0.15) is 0 Å². The molecule has 0 aromatic carbocycles. The lowest BCUT2D eigenvalue weighted by atomic mass is 10.2. The van der Waals surface area contributed by atoms with Crippen molar-refractivity contribution in [3.63, 3.8) is 0 Å². The first-order valence-electron chi connectivity index (χ1n) is 1.69. The predicted molar refractivity (Wildman–Crippen MR) is 36.4 cm³/mol. The summed E-state index contributed by atoms with van der Waals surface area (Å²) in [4.78, 5) is 0. The van der Waals surface area contributed by atoms with Crippen LogP contribution in [0.2, 0.25) is 0 Å². The fraction of sp³-hybridized carbons (Fsp3) is 0.400. The molecule has 0 saturated heterocycles. The van der Waals surface area contributed by atoms with Crippen LogP contribution in [0, 0.1) is 15.8 Å². The van der Waals surface area contributed by atoms with Gasteiger partial charge in [-0.1, -0.05) is 5.92 Å². The smallest absolute Gasteiger partial charge is 0.0426 e. The Morgan fingerprint density at radius 1 is 1.50 bits per heavy atom. The molecule has 0 aromatic rings. The van der Waals surface area contributed by atoms with Gasteiger partial charge in [0.15, 0.2) is 0 Å². The number of rotatable bonds is 0. The van der Waals surface area contributed by atoms with Gasteiger partial charge in [-0.05, 0) is 17.8 Å². The van der Waals surface area contributed by atoms with Crippen LogP contribution >= 0.6 is 22.6 Å². The van der Waals surface area contributed by atoms with Crippen LogP contribution in [-0.4, -0.2) is 0 Å². The zero-order valence-electron chi connectivity index (χ0n) is 3.88. The average molecular weight is 193 g/mol. The minimum Gasteiger partial charge on any atom is -0.0841 e. The summed E-state index contributed by atoms with van der Waals surface area (Å²) >= 11 is 2.02. The van der Waals surface area contributed by atoms with Crippen molar-refractivity contribution in [3.05, 3.63) is 5.92 Å². The van der Waals surface area contributed by atoms with E-state index in [9.17, 15) is 0 Å². The molecule has 0 spiro atoms. The highest BCUT2D eigenvalue weighted by Crippen LogP contribution is 1.89. The van der Waals surface area contributed by atoms with Gasteiger partial charge in [0.25, 0.3) is 0 Å². The summed E-state index contributed by atoms with van der Waals surface area (Å²) in [7, 11) is 0. The van der Waals surface area contributed by atoms with Gasteiger partial charge in [0, 0.05) is 28.5 Å². The maximum absolute atomic E-state index is 2.86. The van der Waals surface area contributed by atoms with Gasteiger partial charge < -0.3 is 0 Å². The fourth-order valence-corrected chi connectivity index (χ4v) is 0.634. The van der Waals surface area contributed by atoms with Crippen molar-refractivity contribution in [2.75, 3.05) is 0 Å². The molecule has 0 saturated carbocycles. The first-order valence-corrected chi connectivity index (χ1v) is 2.77. The summed E-state index contributed by atoms with van der Waals surface area (Å²) in [6.45, 7) is 3.98. The lowest BCUT2D eigenvalue weighted by Gasteiger charge is -1.80. The van der Waals surface area contributed by atoms with Crippen LogP contribution in [0.3, 0.4) is 0 Å². The third-order valence-electron chi connectivity index (χ3n) is 0.297. The zero-order chi connectivity index (χ0) is 4.99. The van der Waals surface area contributed by atoms with Crippen molar-refractivity contribution in [1.82, 2.24) is 0 Å². The van der Waals surface area contributed by atoms with Crippen LogP contribution in [0.1, 0.15) is 13.8 Å². The van der Waals surface area contributed by atoms with Crippen molar-refractivity contribution in [2.24, 2.45) is 0 Å². The standard InChI is InChI=1S/C5H6I/c1-5(2)3-4-6/h1-2H3. The minimum absolute atomic E-state index is 1.17. The molecule has 0 atom stereocenters. The SMILES string of the molecule is C[C](C)C#CI. The van der Waals surface area contributed by atoms with E-state index in [1.807, 2.05) is 36.4 Å². The van der Waals surface area contributed by atoms with Gasteiger partial charge in [-0.15, -0.1) is 0 Å². The van der Waals surface area contributed by atoms with Crippen LogP contribution in [0.4, 0.5) is 0 Å². The third-order valence-corrected chi connectivity index (χ3v) is 0.567. The molecule has 0 unspecified atom stereocenters. The quantitative estimate of drug-likeness (QED) is 0.407. The van der Waals surface area contributed by atoms with Crippen LogP contribution in [0.5, 0.6) is 0 Å². The van der Waals surface area contributed by atoms with Crippen LogP contribution in [0.15, 0.2) is 0 Å². The molecule has 0 amide bonds. The molecule has 6 heavy (non-hydrogen) atoms. The van der Waals surface area contributed by atoms with E-state index in [1.54, 1.807) is 0 Å². The lowest BCUT2D eigenvalue weighted by molar-refractivity contribution is 1.25. The average Bonchev–Trinajstić information content (AvgIpc) is 1.35. The molecule has 0 nitrogen and oxygen atoms in total. The Kier molecular flexibility index (Phi) is 3.65. The molecule has 1 heteroatoms. The molecule has 0 N–H and O–H groups in total. The molecular weight excluding hydrogens is 187 g/mol. The van der Waals surface area contributed by atoms with E-state index in [0.29, 0.717) is 0 Å². The van der Waals surface area contributed by atoms with E-state index in [-0.39, 0.29) is 0 Å². The molecule has 0 aliphatic rings. The zero-order valence-corrected chi connectivity index (χ0v) is 6.04. The molecule has 0 aliphatic carbocycles. The monoisotopic (exact) mass is 193 g/mol. The van der Waals surface area contributed by atoms with Crippen LogP contribution < -0.4 is 0 Å². The topological polar surface area (TPSA) is 0 Å². The lowest BCUT2D eigenvalue weighted by Crippen LogP contribution is -1.70. The second-order valence-electron chi connectivity index (χ2n) is 1.22. The number of halogens is 1. The predicted octanol–water partition coefficient (Wildman–Crippen LogP) is 2.00. The van der Waals surface area contributed by atoms with Gasteiger partial charge >= 0.3 is 0 Å². The van der Waals surface area contributed by atoms with E-state index in [1.165, 1.54) is 5.92 Å². The summed E-state index contributed by atoms with van der Waals surface area (Å²) in [6, 6.07) is 0. The molecule has 33 valence electrons. The Balaban J connectivity index is 3.20. The molecule has 0 fully saturated rings. The van der Waals surface area contributed by atoms with E-state index in [4.69, 9.17) is 0 Å². The number of hydrogen-bond donors (Lipinski definition) is 0. The molecular formula is C5H6I. The third kappa shape index (κ3) is 4.29. The van der Waals surface area contributed by atoms with E-state index >= 15 is 0 Å². The summed E-state index contributed by atoms with van der Waals surface area (Å²) in [5.41, 5.74) is 0. The van der Waals surface area contributed by atoms with E-state index in [0.717, 1.165) is 0 Å². The Labute approximate surface area is 52.5 Å². The van der Waals surface area contributed by atoms with Crippen molar-refractivity contribution >= 4 is 22.6 Å². The fourth-order valence-electron chi connectivity index (χ4n) is 0.0945. The number of hydrogen-bond acceptors (Lipinski definition) is 0. The van der Waals surface area contributed by atoms with Crippen molar-refractivity contribution in [1.29, 1.82) is 0 Å². The Hall–Kier alpha value is 0.290. The summed E-state index contributed by atoms with van der Waals surface area (Å²) in [5, 5.41) is 0. The highest BCUT2D eigenvalue weighted by Gasteiger charge is 1.77. The molecule has 1 radical (unpaired) electrons. The van der Waals surface area contributed by atoms with Crippen LogP contribution in [-0.2, 0) is 0 Å². The molecule has 0 heterocycles. The highest BCUT2D eigenvalue weighted by molar-refractivity contribution is 14.1. The first-order chi connectivity index (χ1) is 2.77. The molecule has 0 rings (SSSR count). The largest absolute Gasteiger partial charge is 0.0841 e. The van der Waals surface area contributed by atoms with Gasteiger partial charge in [-0.2, -0.15) is 0 Å². The maximum Gasteiger partial charge on any atom is 0.0426 e. The van der Waals surface area contributed by atoms with Crippen molar-refractivity contribution in [2.45, 2.75) is 13.8 Å². The van der Waals surface area contributed by atoms with Gasteiger partial charge in [-0.25, -0.2) is 0 Å². The van der Waals surface area contributed by atoms with Gasteiger partial charge in [0.2, 0.25) is 0 Å². The van der Waals surface area contributed by atoms with Crippen molar-refractivity contribution in [3.8, 4) is 9.85 Å². The molecule has 0 bridgehead atoms. The van der Waals surface area contributed by atoms with E-state index < -0.39 is 0 Å². The minimum atomic E-state index is 1.17. The van der Waals surface area contributed by atoms with Crippen molar-refractivity contribution < 1.29 is 0 Å². The van der Waals surface area contributed by atoms with Gasteiger partial charge in [0.05, 0.1) is 0 Å². The Morgan fingerprint density at radius 3 is 2.00 bits per heavy atom. The van der Waals surface area contributed by atoms with Gasteiger partial charge in [-0.3, -0.25) is 0 Å². The molecule has 0 aromatic heterocycles. The van der Waals surface area contributed by atoms with Crippen LogP contribution in [0.25, 0.3) is 0 Å². The summed E-state index contributed by atoms with van der Waals surface area (Å²) in [5.74, 6) is 4.03. The second-order valence-corrected chi connectivity index (χ2v) is 1.76. The highest BCUT2D eigenvalue weighted by atomic mass is 127. The summed E-state index contributed by atoms with van der Waals surface area (Å²) in [6.07, 6.45) is 0. The molecule has 0 aliphatic heterocycles. The second kappa shape index (κ2) is 3.48. The summed E-state index contributed by atoms with van der Waals surface area (Å²) < 4.78 is 2.75. The normalized spacial score (nSPS) is 7.33. The Morgan fingerprint density at radius 2 is 2.00 bits per heavy atom.